The van der Waals surface area contributed by atoms with Crippen LogP contribution in [0.3, 0.4) is 0 Å². The Kier molecular flexibility index (Phi) is 6.71. The molecule has 2 fully saturated rings. The van der Waals surface area contributed by atoms with E-state index in [4.69, 9.17) is 4.79 Å². The summed E-state index contributed by atoms with van der Waals surface area (Å²) >= 11 is 1.70. The van der Waals surface area contributed by atoms with Crippen LogP contribution in [0.15, 0.2) is 33.9 Å². The summed E-state index contributed by atoms with van der Waals surface area (Å²) in [6, 6.07) is 0. The largest absolute Gasteiger partial charge is 0.381 e. The van der Waals surface area contributed by atoms with E-state index >= 15 is 0 Å². The third-order valence-electron chi connectivity index (χ3n) is 7.41. The van der Waals surface area contributed by atoms with E-state index in [0.717, 1.165) is 41.7 Å². The molecule has 6 nitrogen and oxygen atoms in total. The van der Waals surface area contributed by atoms with Gasteiger partial charge in [-0.1, -0.05) is 12.5 Å². The van der Waals surface area contributed by atoms with Crippen LogP contribution in [0.4, 0.5) is 0 Å². The fourth-order valence-corrected chi connectivity index (χ4v) is 6.49. The van der Waals surface area contributed by atoms with E-state index in [1.165, 1.54) is 5.57 Å². The molecule has 1 heterocycles. The van der Waals surface area contributed by atoms with Crippen LogP contribution in [0.25, 0.3) is 0 Å². The molecule has 1 amide bonds. The number of rotatable bonds is 5. The molecule has 0 aromatic carbocycles. The number of allylic oxidation sites excluding steroid dienone is 3. The fraction of sp³-hybridized carbons (Fsp3) is 0.625. The van der Waals surface area contributed by atoms with E-state index in [2.05, 4.69) is 6.92 Å². The first-order valence-corrected chi connectivity index (χ1v) is 12.0. The van der Waals surface area contributed by atoms with Crippen LogP contribution in [-0.4, -0.2) is 63.5 Å². The third kappa shape index (κ3) is 3.74. The minimum Gasteiger partial charge on any atom is -0.381 e. The number of carbonyl (C=O) groups excluding carboxylic acids is 3. The van der Waals surface area contributed by atoms with Crippen molar-refractivity contribution < 1.29 is 24.6 Å². The van der Waals surface area contributed by atoms with Gasteiger partial charge < -0.3 is 19.9 Å². The van der Waals surface area contributed by atoms with E-state index in [1.54, 1.807) is 23.6 Å². The molecule has 2 N–H and O–H groups in total. The Morgan fingerprint density at radius 1 is 1.35 bits per heavy atom. The Bertz CT molecular complexity index is 880. The second-order valence-corrected chi connectivity index (χ2v) is 10.3. The van der Waals surface area contributed by atoms with Gasteiger partial charge in [0.25, 0.3) is 0 Å². The highest BCUT2D eigenvalue weighted by Crippen LogP contribution is 2.65. The number of likely N-dealkylation sites (tertiary alicyclic amines) is 1. The van der Waals surface area contributed by atoms with Gasteiger partial charge in [-0.3, -0.25) is 9.59 Å². The van der Waals surface area contributed by atoms with Gasteiger partial charge in [0.15, 0.2) is 5.78 Å². The number of aliphatic hydroxyl groups excluding tert-OH is 1. The molecule has 170 valence electrons. The molecular formula is C24H33NO5S. The minimum atomic E-state index is -1.31. The van der Waals surface area contributed by atoms with Gasteiger partial charge in [-0.25, -0.2) is 0 Å². The number of aliphatic hydroxyl groups is 2. The van der Waals surface area contributed by atoms with Crippen LogP contribution < -0.4 is 0 Å². The molecule has 1 saturated heterocycles. The van der Waals surface area contributed by atoms with Crippen molar-refractivity contribution in [3.8, 4) is 0 Å². The molecule has 1 aliphatic heterocycles. The number of hydrogen-bond donors (Lipinski definition) is 2. The van der Waals surface area contributed by atoms with Crippen molar-refractivity contribution >= 4 is 30.2 Å². The number of amides is 1. The van der Waals surface area contributed by atoms with Crippen molar-refractivity contribution in [2.45, 2.75) is 65.2 Å². The number of hydrogen-bond acceptors (Lipinski definition) is 6. The molecule has 0 bridgehead atoms. The predicted octanol–water partition coefficient (Wildman–Crippen LogP) is 2.80. The number of fused-ring (bicyclic) bond motifs is 1. The second kappa shape index (κ2) is 8.68. The summed E-state index contributed by atoms with van der Waals surface area (Å²) in [7, 11) is 0. The first-order chi connectivity index (χ1) is 14.6. The summed E-state index contributed by atoms with van der Waals surface area (Å²) in [5.41, 5.74) is 3.38. The lowest BCUT2D eigenvalue weighted by Crippen LogP contribution is -2.49. The van der Waals surface area contributed by atoms with Gasteiger partial charge in [0.2, 0.25) is 5.91 Å². The molecule has 31 heavy (non-hydrogen) atoms. The van der Waals surface area contributed by atoms with Gasteiger partial charge in [-0.05, 0) is 69.2 Å². The van der Waals surface area contributed by atoms with E-state index < -0.39 is 17.2 Å². The zero-order valence-corrected chi connectivity index (χ0v) is 19.7. The summed E-state index contributed by atoms with van der Waals surface area (Å²) in [6.45, 7) is 10.3. The summed E-state index contributed by atoms with van der Waals surface area (Å²) in [5, 5.41) is 20.9. The molecule has 3 aliphatic carbocycles. The van der Waals surface area contributed by atoms with Gasteiger partial charge in [-0.2, -0.15) is 11.8 Å². The van der Waals surface area contributed by atoms with Crippen LogP contribution in [0.1, 0.15) is 53.4 Å². The van der Waals surface area contributed by atoms with Gasteiger partial charge in [0.05, 0.1) is 0 Å². The molecule has 4 aliphatic rings. The standard InChI is InChI=1S/C23H31NO4S.CH2O/c1-13-10-16-19(15(3)23(7-8-23)22(4,28)20(16)26)17(13)12-29-11-14(2)21(27)24-9-5-6-18(24)25;1-2/h10,14,18,25,28H,5-9,11-12H2,1-4H3;1H2/t14-,18?,22+;/m1./s1. The molecule has 7 heteroatoms. The maximum absolute atomic E-state index is 13.0. The maximum atomic E-state index is 13.0. The fourth-order valence-electron chi connectivity index (χ4n) is 5.30. The van der Waals surface area contributed by atoms with Crippen molar-refractivity contribution in [2.75, 3.05) is 18.1 Å². The Balaban J connectivity index is 0.00000132. The van der Waals surface area contributed by atoms with Gasteiger partial charge in [-0.15, -0.1) is 0 Å². The van der Waals surface area contributed by atoms with Crippen molar-refractivity contribution in [3.05, 3.63) is 33.9 Å². The molecule has 1 unspecified atom stereocenters. The highest BCUT2D eigenvalue weighted by Gasteiger charge is 2.65. The molecule has 1 saturated carbocycles. The number of thioether (sulfide) groups is 1. The summed E-state index contributed by atoms with van der Waals surface area (Å²) in [5.74, 6) is 1.14. The van der Waals surface area contributed by atoms with Gasteiger partial charge in [0, 0.05) is 35.0 Å². The van der Waals surface area contributed by atoms with E-state index in [-0.39, 0.29) is 17.6 Å². The molecule has 0 radical (unpaired) electrons. The Morgan fingerprint density at radius 3 is 2.55 bits per heavy atom. The van der Waals surface area contributed by atoms with Crippen LogP contribution in [0.2, 0.25) is 0 Å². The quantitative estimate of drug-likeness (QED) is 0.673. The highest BCUT2D eigenvalue weighted by molar-refractivity contribution is 7.99. The molecule has 1 spiro atoms. The number of ketones is 1. The summed E-state index contributed by atoms with van der Waals surface area (Å²) in [4.78, 5) is 35.2. The average molecular weight is 448 g/mol. The van der Waals surface area contributed by atoms with Crippen molar-refractivity contribution in [1.82, 2.24) is 4.90 Å². The van der Waals surface area contributed by atoms with Gasteiger partial charge in [0.1, 0.15) is 18.6 Å². The Morgan fingerprint density at radius 2 is 2.00 bits per heavy atom. The van der Waals surface area contributed by atoms with Crippen molar-refractivity contribution in [2.24, 2.45) is 11.3 Å². The summed E-state index contributed by atoms with van der Waals surface area (Å²) < 4.78 is 0. The Labute approximate surface area is 188 Å². The zero-order chi connectivity index (χ0) is 23.1. The lowest BCUT2D eigenvalue weighted by Gasteiger charge is -2.39. The maximum Gasteiger partial charge on any atom is 0.228 e. The SMILES string of the molecule is C=O.CC1=C(CSC[C@@H](C)C(=O)N2CCCC2O)C2=C(C)C3(CC3)[C@@](C)(O)C(=O)C2=C1. The second-order valence-electron chi connectivity index (χ2n) is 9.27. The monoisotopic (exact) mass is 447 g/mol. The first-order valence-electron chi connectivity index (χ1n) is 10.9. The van der Waals surface area contributed by atoms with Crippen LogP contribution in [-0.2, 0) is 14.4 Å². The normalized spacial score (nSPS) is 29.6. The van der Waals surface area contributed by atoms with Crippen molar-refractivity contribution in [3.63, 3.8) is 0 Å². The zero-order valence-electron chi connectivity index (χ0n) is 18.9. The van der Waals surface area contributed by atoms with Crippen LogP contribution in [0, 0.1) is 11.3 Å². The molecular weight excluding hydrogens is 414 g/mol. The lowest BCUT2D eigenvalue weighted by atomic mass is 9.67. The average Bonchev–Trinajstić information content (AvgIpc) is 3.37. The molecule has 0 aromatic heterocycles. The number of carbonyl (C=O) groups is 3. The third-order valence-corrected chi connectivity index (χ3v) is 8.64. The van der Waals surface area contributed by atoms with Gasteiger partial charge >= 0.3 is 0 Å². The van der Waals surface area contributed by atoms with Crippen molar-refractivity contribution in [1.29, 1.82) is 0 Å². The van der Waals surface area contributed by atoms with E-state index in [9.17, 15) is 19.8 Å². The predicted molar refractivity (Wildman–Crippen MR) is 121 cm³/mol. The topological polar surface area (TPSA) is 94.9 Å². The van der Waals surface area contributed by atoms with E-state index in [0.29, 0.717) is 24.3 Å². The van der Waals surface area contributed by atoms with Crippen LogP contribution >= 0.6 is 11.8 Å². The lowest BCUT2D eigenvalue weighted by molar-refractivity contribution is -0.141. The number of nitrogens with zero attached hydrogens (tertiary/aromatic N) is 1. The smallest absolute Gasteiger partial charge is 0.228 e. The summed E-state index contributed by atoms with van der Waals surface area (Å²) in [6.07, 6.45) is 4.54. The highest BCUT2D eigenvalue weighted by atomic mass is 32.2. The molecule has 4 rings (SSSR count). The van der Waals surface area contributed by atoms with Crippen LogP contribution in [0.5, 0.6) is 0 Å². The minimum absolute atomic E-state index is 0.0228. The number of Topliss-reactive ketones (excluding diaryl/α,β-unsaturated/α-hetero) is 1. The molecule has 3 atom stereocenters. The Hall–Kier alpha value is -1.70. The molecule has 0 aromatic rings. The first kappa shape index (κ1) is 24.0. The van der Waals surface area contributed by atoms with E-state index in [1.807, 2.05) is 26.7 Å².